The molecule has 0 spiro atoms. The molecule has 6 heteroatoms. The number of sulfonamides is 1. The van der Waals surface area contributed by atoms with Gasteiger partial charge >= 0.3 is 0 Å². The van der Waals surface area contributed by atoms with Crippen LogP contribution in [0, 0.1) is 5.82 Å². The van der Waals surface area contributed by atoms with E-state index in [1.165, 1.54) is 22.7 Å². The van der Waals surface area contributed by atoms with Gasteiger partial charge in [-0.2, -0.15) is 4.31 Å². The van der Waals surface area contributed by atoms with E-state index < -0.39 is 10.0 Å². The van der Waals surface area contributed by atoms with Crippen molar-refractivity contribution in [2.75, 3.05) is 32.4 Å². The fraction of sp³-hybridized carbons (Fsp3) is 0.538. The van der Waals surface area contributed by atoms with Crippen molar-refractivity contribution >= 4 is 10.0 Å². The highest BCUT2D eigenvalue weighted by Crippen LogP contribution is 2.22. The topological polar surface area (TPSA) is 40.6 Å². The highest BCUT2D eigenvalue weighted by atomic mass is 32.2. The van der Waals surface area contributed by atoms with Crippen LogP contribution in [0.15, 0.2) is 24.3 Å². The van der Waals surface area contributed by atoms with E-state index in [0.717, 1.165) is 5.56 Å². The zero-order valence-electron chi connectivity index (χ0n) is 11.2. The molecule has 106 valence electrons. The summed E-state index contributed by atoms with van der Waals surface area (Å²) in [4.78, 5) is 2.22. The monoisotopic (exact) mass is 286 g/mol. The molecule has 1 fully saturated rings. The summed E-state index contributed by atoms with van der Waals surface area (Å²) in [6.07, 6.45) is 1.24. The molecule has 1 aliphatic rings. The van der Waals surface area contributed by atoms with Crippen molar-refractivity contribution in [3.63, 3.8) is 0 Å². The van der Waals surface area contributed by atoms with Crippen LogP contribution in [0.4, 0.5) is 4.39 Å². The molecular formula is C13H19FN2O2S. The summed E-state index contributed by atoms with van der Waals surface area (Å²) in [6.45, 7) is 4.50. The van der Waals surface area contributed by atoms with Gasteiger partial charge in [0.2, 0.25) is 10.0 Å². The summed E-state index contributed by atoms with van der Waals surface area (Å²) >= 11 is 0. The predicted octanol–water partition coefficient (Wildman–Crippen LogP) is 1.46. The molecule has 0 bridgehead atoms. The number of halogens is 1. The summed E-state index contributed by atoms with van der Waals surface area (Å²) in [5.41, 5.74) is 1.05. The van der Waals surface area contributed by atoms with E-state index in [0.29, 0.717) is 26.2 Å². The van der Waals surface area contributed by atoms with Gasteiger partial charge in [-0.1, -0.05) is 12.1 Å². The molecule has 1 atom stereocenters. The summed E-state index contributed by atoms with van der Waals surface area (Å²) in [6, 6.07) is 6.64. The van der Waals surface area contributed by atoms with Crippen LogP contribution in [0.2, 0.25) is 0 Å². The molecule has 0 amide bonds. The lowest BCUT2D eigenvalue weighted by Crippen LogP contribution is -2.48. The summed E-state index contributed by atoms with van der Waals surface area (Å²) in [5.74, 6) is -0.238. The van der Waals surface area contributed by atoms with Crippen molar-refractivity contribution in [3.05, 3.63) is 35.6 Å². The standard InChI is InChI=1S/C13H19FN2O2S/c1-11(12-3-5-13(14)6-4-12)15-7-9-16(10-8-15)19(2,17)18/h3-6,11H,7-10H2,1-2H3/t11-/m0/s1. The van der Waals surface area contributed by atoms with Crippen molar-refractivity contribution < 1.29 is 12.8 Å². The van der Waals surface area contributed by atoms with Crippen LogP contribution in [-0.2, 0) is 10.0 Å². The molecule has 0 saturated carbocycles. The third-order valence-corrected chi connectivity index (χ3v) is 4.95. The van der Waals surface area contributed by atoms with E-state index in [2.05, 4.69) is 11.8 Å². The molecule has 1 aliphatic heterocycles. The first-order valence-electron chi connectivity index (χ1n) is 6.32. The second-order valence-electron chi connectivity index (χ2n) is 4.93. The highest BCUT2D eigenvalue weighted by Gasteiger charge is 2.26. The Morgan fingerprint density at radius 1 is 1.11 bits per heavy atom. The van der Waals surface area contributed by atoms with Crippen LogP contribution in [0.1, 0.15) is 18.5 Å². The maximum absolute atomic E-state index is 12.9. The van der Waals surface area contributed by atoms with Gasteiger partial charge in [0.15, 0.2) is 0 Å². The lowest BCUT2D eigenvalue weighted by molar-refractivity contribution is 0.146. The summed E-state index contributed by atoms with van der Waals surface area (Å²) in [7, 11) is -3.09. The van der Waals surface area contributed by atoms with Gasteiger partial charge in [0.05, 0.1) is 6.26 Å². The first-order valence-corrected chi connectivity index (χ1v) is 8.17. The Morgan fingerprint density at radius 3 is 2.11 bits per heavy atom. The highest BCUT2D eigenvalue weighted by molar-refractivity contribution is 7.88. The zero-order valence-corrected chi connectivity index (χ0v) is 12.0. The molecule has 1 aromatic carbocycles. The average molecular weight is 286 g/mol. The molecular weight excluding hydrogens is 267 g/mol. The lowest BCUT2D eigenvalue weighted by Gasteiger charge is -2.37. The molecule has 0 unspecified atom stereocenters. The van der Waals surface area contributed by atoms with Crippen molar-refractivity contribution in [1.29, 1.82) is 0 Å². The van der Waals surface area contributed by atoms with Gasteiger partial charge in [0, 0.05) is 32.2 Å². The van der Waals surface area contributed by atoms with Gasteiger partial charge in [0.1, 0.15) is 5.82 Å². The Hall–Kier alpha value is -0.980. The fourth-order valence-electron chi connectivity index (χ4n) is 2.37. The van der Waals surface area contributed by atoms with Crippen molar-refractivity contribution in [3.8, 4) is 0 Å². The SMILES string of the molecule is C[C@@H](c1ccc(F)cc1)N1CCN(S(C)(=O)=O)CC1. The number of hydrogen-bond donors (Lipinski definition) is 0. The largest absolute Gasteiger partial charge is 0.294 e. The smallest absolute Gasteiger partial charge is 0.211 e. The number of piperazine rings is 1. The molecule has 0 radical (unpaired) electrons. The zero-order chi connectivity index (χ0) is 14.0. The Morgan fingerprint density at radius 2 is 1.63 bits per heavy atom. The van der Waals surface area contributed by atoms with E-state index >= 15 is 0 Å². The molecule has 1 saturated heterocycles. The second-order valence-corrected chi connectivity index (χ2v) is 6.91. The molecule has 0 aromatic heterocycles. The van der Waals surface area contributed by atoms with Crippen LogP contribution in [0.3, 0.4) is 0 Å². The van der Waals surface area contributed by atoms with E-state index in [1.807, 2.05) is 0 Å². The fourth-order valence-corrected chi connectivity index (χ4v) is 3.20. The summed E-state index contributed by atoms with van der Waals surface area (Å²) < 4.78 is 37.3. The number of rotatable bonds is 3. The van der Waals surface area contributed by atoms with Gasteiger partial charge in [-0.3, -0.25) is 4.90 Å². The minimum absolute atomic E-state index is 0.169. The predicted molar refractivity (Wildman–Crippen MR) is 72.8 cm³/mol. The first kappa shape index (κ1) is 14.4. The van der Waals surface area contributed by atoms with Crippen LogP contribution in [-0.4, -0.2) is 50.1 Å². The van der Waals surface area contributed by atoms with E-state index in [9.17, 15) is 12.8 Å². The summed E-state index contributed by atoms with van der Waals surface area (Å²) in [5, 5.41) is 0. The van der Waals surface area contributed by atoms with E-state index in [1.54, 1.807) is 12.1 Å². The minimum atomic E-state index is -3.09. The third kappa shape index (κ3) is 3.52. The molecule has 1 aromatic rings. The Bertz CT molecular complexity index is 522. The average Bonchev–Trinajstić information content (AvgIpc) is 2.38. The van der Waals surface area contributed by atoms with E-state index in [-0.39, 0.29) is 11.9 Å². The lowest BCUT2D eigenvalue weighted by atomic mass is 10.1. The van der Waals surface area contributed by atoms with E-state index in [4.69, 9.17) is 0 Å². The van der Waals surface area contributed by atoms with Crippen LogP contribution >= 0.6 is 0 Å². The molecule has 0 N–H and O–H groups in total. The molecule has 1 heterocycles. The van der Waals surface area contributed by atoms with Crippen molar-refractivity contribution in [2.24, 2.45) is 0 Å². The Balaban J connectivity index is 1.99. The number of hydrogen-bond acceptors (Lipinski definition) is 3. The van der Waals surface area contributed by atoms with Gasteiger partial charge in [-0.05, 0) is 24.6 Å². The Labute approximate surface area is 113 Å². The van der Waals surface area contributed by atoms with Crippen LogP contribution < -0.4 is 0 Å². The van der Waals surface area contributed by atoms with Gasteiger partial charge < -0.3 is 0 Å². The maximum atomic E-state index is 12.9. The maximum Gasteiger partial charge on any atom is 0.211 e. The normalized spacial score (nSPS) is 20.4. The van der Waals surface area contributed by atoms with Crippen molar-refractivity contribution in [2.45, 2.75) is 13.0 Å². The number of benzene rings is 1. The molecule has 2 rings (SSSR count). The van der Waals surface area contributed by atoms with Gasteiger partial charge in [-0.25, -0.2) is 12.8 Å². The van der Waals surface area contributed by atoms with Gasteiger partial charge in [0.25, 0.3) is 0 Å². The van der Waals surface area contributed by atoms with Crippen LogP contribution in [0.25, 0.3) is 0 Å². The minimum Gasteiger partial charge on any atom is -0.294 e. The molecule has 0 aliphatic carbocycles. The van der Waals surface area contributed by atoms with Crippen molar-refractivity contribution in [1.82, 2.24) is 9.21 Å². The molecule has 4 nitrogen and oxygen atoms in total. The number of nitrogens with zero attached hydrogens (tertiary/aromatic N) is 2. The first-order chi connectivity index (χ1) is 8.88. The quantitative estimate of drug-likeness (QED) is 0.845. The van der Waals surface area contributed by atoms with Gasteiger partial charge in [-0.15, -0.1) is 0 Å². The second kappa shape index (κ2) is 5.56. The third-order valence-electron chi connectivity index (χ3n) is 3.64. The van der Waals surface area contributed by atoms with Crippen LogP contribution in [0.5, 0.6) is 0 Å². The Kier molecular flexibility index (Phi) is 4.23. The molecule has 19 heavy (non-hydrogen) atoms.